The maximum atomic E-state index is 3.55. The van der Waals surface area contributed by atoms with Crippen molar-refractivity contribution < 1.29 is 0 Å². The van der Waals surface area contributed by atoms with E-state index in [0.29, 0.717) is 6.04 Å². The van der Waals surface area contributed by atoms with Gasteiger partial charge in [0.05, 0.1) is 0 Å². The predicted octanol–water partition coefficient (Wildman–Crippen LogP) is 3.36. The highest BCUT2D eigenvalue weighted by molar-refractivity contribution is 5.42. The average Bonchev–Trinajstić information content (AvgIpc) is 2.42. The largest absolute Gasteiger partial charge is 0.383 e. The molecule has 1 N–H and O–H groups in total. The smallest absolute Gasteiger partial charge is 0.0340 e. The molecule has 17 heavy (non-hydrogen) atoms. The fourth-order valence-electron chi connectivity index (χ4n) is 2.61. The summed E-state index contributed by atoms with van der Waals surface area (Å²) in [7, 11) is 0. The molecule has 1 aliphatic rings. The zero-order valence-electron chi connectivity index (χ0n) is 10.9. The number of piperidine rings is 1. The highest BCUT2D eigenvalue weighted by Gasteiger charge is 2.18. The number of nitrogens with one attached hydrogen (secondary N) is 1. The SMILES string of the molecule is CCC(CNc1ccccc1)N1CCCCC1. The highest BCUT2D eigenvalue weighted by Crippen LogP contribution is 2.15. The highest BCUT2D eigenvalue weighted by atomic mass is 15.2. The summed E-state index contributed by atoms with van der Waals surface area (Å²) in [5, 5.41) is 3.55. The Morgan fingerprint density at radius 2 is 1.82 bits per heavy atom. The molecule has 0 spiro atoms. The van der Waals surface area contributed by atoms with Crippen LogP contribution in [0.5, 0.6) is 0 Å². The fraction of sp³-hybridized carbons (Fsp3) is 0.600. The molecule has 2 nitrogen and oxygen atoms in total. The number of nitrogens with zero attached hydrogens (tertiary/aromatic N) is 1. The summed E-state index contributed by atoms with van der Waals surface area (Å²) in [5.41, 5.74) is 1.24. The van der Waals surface area contributed by atoms with Gasteiger partial charge in [0.15, 0.2) is 0 Å². The second-order valence-electron chi connectivity index (χ2n) is 4.91. The van der Waals surface area contributed by atoms with E-state index < -0.39 is 0 Å². The Bertz CT molecular complexity index is 304. The molecule has 1 unspecified atom stereocenters. The third-order valence-electron chi connectivity index (χ3n) is 3.69. The van der Waals surface area contributed by atoms with E-state index in [1.165, 1.54) is 44.5 Å². The van der Waals surface area contributed by atoms with Crippen LogP contribution in [-0.4, -0.2) is 30.6 Å². The molecule has 1 aromatic carbocycles. The molecule has 0 saturated carbocycles. The first-order valence-corrected chi connectivity index (χ1v) is 6.93. The molecule has 0 amide bonds. The Balaban J connectivity index is 1.82. The number of hydrogen-bond acceptors (Lipinski definition) is 2. The second kappa shape index (κ2) is 6.65. The zero-order valence-corrected chi connectivity index (χ0v) is 10.9. The third kappa shape index (κ3) is 3.74. The lowest BCUT2D eigenvalue weighted by Crippen LogP contribution is -2.42. The van der Waals surface area contributed by atoms with Crippen molar-refractivity contribution in [2.45, 2.75) is 38.6 Å². The van der Waals surface area contributed by atoms with Crippen LogP contribution in [0.15, 0.2) is 30.3 Å². The van der Waals surface area contributed by atoms with E-state index in [-0.39, 0.29) is 0 Å². The van der Waals surface area contributed by atoms with Crippen molar-refractivity contribution in [1.82, 2.24) is 4.90 Å². The summed E-state index contributed by atoms with van der Waals surface area (Å²) < 4.78 is 0. The molecule has 1 fully saturated rings. The molecule has 1 aliphatic heterocycles. The molecular weight excluding hydrogens is 208 g/mol. The summed E-state index contributed by atoms with van der Waals surface area (Å²) in [4.78, 5) is 2.65. The van der Waals surface area contributed by atoms with Gasteiger partial charge in [-0.05, 0) is 44.5 Å². The van der Waals surface area contributed by atoms with Crippen LogP contribution in [0.2, 0.25) is 0 Å². The van der Waals surface area contributed by atoms with Crippen molar-refractivity contribution in [3.63, 3.8) is 0 Å². The van der Waals surface area contributed by atoms with Crippen molar-refractivity contribution in [2.24, 2.45) is 0 Å². The van der Waals surface area contributed by atoms with Gasteiger partial charge in [0.2, 0.25) is 0 Å². The number of benzene rings is 1. The van der Waals surface area contributed by atoms with Gasteiger partial charge in [-0.25, -0.2) is 0 Å². The van der Waals surface area contributed by atoms with Gasteiger partial charge in [-0.15, -0.1) is 0 Å². The first-order chi connectivity index (χ1) is 8.40. The first kappa shape index (κ1) is 12.4. The van der Waals surface area contributed by atoms with Gasteiger partial charge in [0, 0.05) is 18.3 Å². The molecule has 0 aliphatic carbocycles. The topological polar surface area (TPSA) is 15.3 Å². The number of para-hydroxylation sites is 1. The van der Waals surface area contributed by atoms with Crippen LogP contribution >= 0.6 is 0 Å². The van der Waals surface area contributed by atoms with E-state index in [9.17, 15) is 0 Å². The monoisotopic (exact) mass is 232 g/mol. The molecule has 1 heterocycles. The van der Waals surface area contributed by atoms with E-state index in [2.05, 4.69) is 47.5 Å². The first-order valence-electron chi connectivity index (χ1n) is 6.93. The van der Waals surface area contributed by atoms with E-state index in [0.717, 1.165) is 6.54 Å². The molecule has 1 saturated heterocycles. The summed E-state index contributed by atoms with van der Waals surface area (Å²) in [6.07, 6.45) is 5.41. The van der Waals surface area contributed by atoms with Crippen LogP contribution < -0.4 is 5.32 Å². The normalized spacial score (nSPS) is 18.9. The van der Waals surface area contributed by atoms with Crippen LogP contribution in [0, 0.1) is 0 Å². The van der Waals surface area contributed by atoms with Crippen LogP contribution in [0.3, 0.4) is 0 Å². The van der Waals surface area contributed by atoms with Crippen LogP contribution in [-0.2, 0) is 0 Å². The number of rotatable bonds is 5. The van der Waals surface area contributed by atoms with Crippen LogP contribution in [0.1, 0.15) is 32.6 Å². The van der Waals surface area contributed by atoms with E-state index in [4.69, 9.17) is 0 Å². The van der Waals surface area contributed by atoms with Crippen molar-refractivity contribution in [3.8, 4) is 0 Å². The van der Waals surface area contributed by atoms with Gasteiger partial charge in [0.1, 0.15) is 0 Å². The number of likely N-dealkylation sites (tertiary alicyclic amines) is 1. The molecular formula is C15H24N2. The molecule has 2 rings (SSSR count). The minimum atomic E-state index is 0.690. The Morgan fingerprint density at radius 1 is 1.12 bits per heavy atom. The Hall–Kier alpha value is -1.02. The zero-order chi connectivity index (χ0) is 11.9. The summed E-state index contributed by atoms with van der Waals surface area (Å²) in [6, 6.07) is 11.2. The van der Waals surface area contributed by atoms with E-state index in [1.54, 1.807) is 0 Å². The van der Waals surface area contributed by atoms with Gasteiger partial charge >= 0.3 is 0 Å². The summed E-state index contributed by atoms with van der Waals surface area (Å²) >= 11 is 0. The molecule has 0 aromatic heterocycles. The summed E-state index contributed by atoms with van der Waals surface area (Å²) in [5.74, 6) is 0. The van der Waals surface area contributed by atoms with Crippen molar-refractivity contribution in [3.05, 3.63) is 30.3 Å². The van der Waals surface area contributed by atoms with Gasteiger partial charge in [0.25, 0.3) is 0 Å². The lowest BCUT2D eigenvalue weighted by molar-refractivity contribution is 0.166. The van der Waals surface area contributed by atoms with Gasteiger partial charge in [-0.3, -0.25) is 4.90 Å². The Kier molecular flexibility index (Phi) is 4.87. The minimum absolute atomic E-state index is 0.690. The Labute approximate surface area is 105 Å². The molecule has 1 aromatic rings. The van der Waals surface area contributed by atoms with Gasteiger partial charge in [-0.1, -0.05) is 31.5 Å². The molecule has 1 atom stereocenters. The molecule has 0 bridgehead atoms. The fourth-order valence-corrected chi connectivity index (χ4v) is 2.61. The van der Waals surface area contributed by atoms with Gasteiger partial charge < -0.3 is 5.32 Å². The molecule has 0 radical (unpaired) electrons. The van der Waals surface area contributed by atoms with Crippen molar-refractivity contribution in [2.75, 3.05) is 25.0 Å². The quantitative estimate of drug-likeness (QED) is 0.837. The number of anilines is 1. The maximum Gasteiger partial charge on any atom is 0.0340 e. The minimum Gasteiger partial charge on any atom is -0.383 e. The predicted molar refractivity (Wildman–Crippen MR) is 74.4 cm³/mol. The summed E-state index contributed by atoms with van der Waals surface area (Å²) in [6.45, 7) is 5.94. The van der Waals surface area contributed by atoms with Crippen molar-refractivity contribution in [1.29, 1.82) is 0 Å². The lowest BCUT2D eigenvalue weighted by Gasteiger charge is -2.34. The lowest BCUT2D eigenvalue weighted by atomic mass is 10.1. The van der Waals surface area contributed by atoms with E-state index >= 15 is 0 Å². The maximum absolute atomic E-state index is 3.55. The molecule has 2 heteroatoms. The average molecular weight is 232 g/mol. The standard InChI is InChI=1S/C15H24N2/c1-2-15(17-11-7-4-8-12-17)13-16-14-9-5-3-6-10-14/h3,5-6,9-10,15-16H,2,4,7-8,11-13H2,1H3. The second-order valence-corrected chi connectivity index (χ2v) is 4.91. The molecule has 94 valence electrons. The van der Waals surface area contributed by atoms with Gasteiger partial charge in [-0.2, -0.15) is 0 Å². The number of hydrogen-bond donors (Lipinski definition) is 1. The third-order valence-corrected chi connectivity index (χ3v) is 3.69. The Morgan fingerprint density at radius 3 is 2.47 bits per heavy atom. The van der Waals surface area contributed by atoms with Crippen LogP contribution in [0.25, 0.3) is 0 Å². The van der Waals surface area contributed by atoms with E-state index in [1.807, 2.05) is 0 Å². The van der Waals surface area contributed by atoms with Crippen molar-refractivity contribution >= 4 is 5.69 Å². The van der Waals surface area contributed by atoms with Crippen LogP contribution in [0.4, 0.5) is 5.69 Å².